The molecule has 0 bridgehead atoms. The van der Waals surface area contributed by atoms with Crippen LogP contribution in [-0.2, 0) is 14.8 Å². The molecule has 0 radical (unpaired) electrons. The number of hydrogen-bond acceptors (Lipinski definition) is 5. The van der Waals surface area contributed by atoms with Crippen molar-refractivity contribution in [2.75, 3.05) is 32.1 Å². The summed E-state index contributed by atoms with van der Waals surface area (Å²) < 4.78 is 31.7. The number of aliphatic hydroxyl groups is 1. The largest absolute Gasteiger partial charge is 0.398 e. The Morgan fingerprint density at radius 3 is 2.39 bits per heavy atom. The van der Waals surface area contributed by atoms with Crippen molar-refractivity contribution >= 4 is 15.7 Å². The lowest BCUT2D eigenvalue weighted by molar-refractivity contribution is 0.0961. The van der Waals surface area contributed by atoms with Crippen LogP contribution < -0.4 is 10.5 Å². The number of nitrogen functional groups attached to an aromatic ring is 1. The number of benzene rings is 2. The van der Waals surface area contributed by atoms with Crippen molar-refractivity contribution in [1.82, 2.24) is 4.72 Å². The maximum atomic E-state index is 12.1. The first-order valence-electron chi connectivity index (χ1n) is 7.18. The van der Waals surface area contributed by atoms with Crippen LogP contribution in [0.1, 0.15) is 0 Å². The fourth-order valence-corrected chi connectivity index (χ4v) is 3.08. The van der Waals surface area contributed by atoms with Crippen molar-refractivity contribution in [2.45, 2.75) is 4.90 Å². The number of sulfonamides is 1. The van der Waals surface area contributed by atoms with Crippen molar-refractivity contribution in [3.8, 4) is 11.1 Å². The third-order valence-electron chi connectivity index (χ3n) is 3.21. The number of hydrogen-bond donors (Lipinski definition) is 3. The van der Waals surface area contributed by atoms with Crippen molar-refractivity contribution < 1.29 is 18.3 Å². The predicted molar refractivity (Wildman–Crippen MR) is 89.4 cm³/mol. The molecule has 6 nitrogen and oxygen atoms in total. The average molecular weight is 336 g/mol. The summed E-state index contributed by atoms with van der Waals surface area (Å²) in [6, 6.07) is 13.9. The van der Waals surface area contributed by atoms with Gasteiger partial charge in [0.1, 0.15) is 0 Å². The molecule has 2 aromatic carbocycles. The number of aliphatic hydroxyl groups excluding tert-OH is 1. The highest BCUT2D eigenvalue weighted by atomic mass is 32.2. The van der Waals surface area contributed by atoms with Crippen LogP contribution in [0.4, 0.5) is 5.69 Å². The van der Waals surface area contributed by atoms with Crippen molar-refractivity contribution in [1.29, 1.82) is 0 Å². The van der Waals surface area contributed by atoms with Gasteiger partial charge in [-0.3, -0.25) is 0 Å². The van der Waals surface area contributed by atoms with E-state index in [1.807, 2.05) is 18.2 Å². The van der Waals surface area contributed by atoms with Gasteiger partial charge in [0.05, 0.1) is 24.7 Å². The molecule has 0 aliphatic heterocycles. The standard InChI is InChI=1S/C16H20N2O4S/c17-16-4-2-1-3-15(16)13-5-7-14(8-6-13)23(20,21)18-9-11-22-12-10-19/h1-8,18-19H,9-12,17H2. The zero-order valence-corrected chi connectivity index (χ0v) is 13.4. The molecule has 0 fully saturated rings. The van der Waals surface area contributed by atoms with Gasteiger partial charge in [0.25, 0.3) is 0 Å². The molecular weight excluding hydrogens is 316 g/mol. The molecule has 0 unspecified atom stereocenters. The van der Waals surface area contributed by atoms with Crippen LogP contribution >= 0.6 is 0 Å². The summed E-state index contributed by atoms with van der Waals surface area (Å²) in [5.74, 6) is 0. The van der Waals surface area contributed by atoms with E-state index in [1.54, 1.807) is 30.3 Å². The number of nitrogens with one attached hydrogen (secondary N) is 1. The van der Waals surface area contributed by atoms with Crippen LogP contribution in [-0.4, -0.2) is 39.9 Å². The first-order valence-corrected chi connectivity index (χ1v) is 8.66. The molecule has 0 amide bonds. The fraction of sp³-hybridized carbons (Fsp3) is 0.250. The maximum Gasteiger partial charge on any atom is 0.240 e. The predicted octanol–water partition coefficient (Wildman–Crippen LogP) is 1.22. The van der Waals surface area contributed by atoms with E-state index in [0.29, 0.717) is 5.69 Å². The second-order valence-corrected chi connectivity index (χ2v) is 6.61. The van der Waals surface area contributed by atoms with Crippen LogP contribution in [0.15, 0.2) is 53.4 Å². The molecule has 0 aliphatic carbocycles. The zero-order valence-electron chi connectivity index (χ0n) is 12.6. The molecule has 0 aliphatic rings. The Morgan fingerprint density at radius 2 is 1.74 bits per heavy atom. The summed E-state index contributed by atoms with van der Waals surface area (Å²) in [6.45, 7) is 0.458. The molecular formula is C16H20N2O4S. The van der Waals surface area contributed by atoms with Crippen LogP contribution in [0.3, 0.4) is 0 Å². The fourth-order valence-electron chi connectivity index (χ4n) is 2.07. The van der Waals surface area contributed by atoms with Crippen LogP contribution in [0.25, 0.3) is 11.1 Å². The topological polar surface area (TPSA) is 102 Å². The summed E-state index contributed by atoms with van der Waals surface area (Å²) in [6.07, 6.45) is 0. The van der Waals surface area contributed by atoms with Gasteiger partial charge in [-0.25, -0.2) is 13.1 Å². The van der Waals surface area contributed by atoms with Crippen molar-refractivity contribution in [3.05, 3.63) is 48.5 Å². The van der Waals surface area contributed by atoms with Crippen LogP contribution in [0.5, 0.6) is 0 Å². The van der Waals surface area contributed by atoms with Gasteiger partial charge < -0.3 is 15.6 Å². The Hall–Kier alpha value is -1.93. The Bertz CT molecular complexity index is 730. The molecule has 0 aromatic heterocycles. The number of anilines is 1. The van der Waals surface area contributed by atoms with E-state index in [-0.39, 0.29) is 31.3 Å². The molecule has 23 heavy (non-hydrogen) atoms. The van der Waals surface area contributed by atoms with Gasteiger partial charge in [-0.1, -0.05) is 30.3 Å². The lowest BCUT2D eigenvalue weighted by atomic mass is 10.0. The van der Waals surface area contributed by atoms with Crippen LogP contribution in [0.2, 0.25) is 0 Å². The minimum atomic E-state index is -3.58. The van der Waals surface area contributed by atoms with E-state index < -0.39 is 10.0 Å². The van der Waals surface area contributed by atoms with E-state index >= 15 is 0 Å². The summed E-state index contributed by atoms with van der Waals surface area (Å²) in [7, 11) is -3.58. The van der Waals surface area contributed by atoms with E-state index in [0.717, 1.165) is 11.1 Å². The van der Waals surface area contributed by atoms with Gasteiger partial charge in [0, 0.05) is 17.8 Å². The Morgan fingerprint density at radius 1 is 1.04 bits per heavy atom. The number of rotatable bonds is 8. The maximum absolute atomic E-state index is 12.1. The SMILES string of the molecule is Nc1ccccc1-c1ccc(S(=O)(=O)NCCOCCO)cc1. The Labute approximate surface area is 136 Å². The third kappa shape index (κ3) is 4.77. The highest BCUT2D eigenvalue weighted by Gasteiger charge is 2.13. The Kier molecular flexibility index (Phi) is 6.12. The third-order valence-corrected chi connectivity index (χ3v) is 4.69. The second kappa shape index (κ2) is 8.07. The van der Waals surface area contributed by atoms with E-state index in [2.05, 4.69) is 4.72 Å². The molecule has 2 aromatic rings. The number of nitrogens with two attached hydrogens (primary N) is 1. The highest BCUT2D eigenvalue weighted by Crippen LogP contribution is 2.26. The molecule has 0 atom stereocenters. The van der Waals surface area contributed by atoms with Gasteiger partial charge in [0.15, 0.2) is 0 Å². The Balaban J connectivity index is 2.05. The molecule has 0 saturated carbocycles. The van der Waals surface area contributed by atoms with Gasteiger partial charge >= 0.3 is 0 Å². The first kappa shape index (κ1) is 17.4. The quantitative estimate of drug-likeness (QED) is 0.497. The van der Waals surface area contributed by atoms with Crippen molar-refractivity contribution in [2.24, 2.45) is 0 Å². The van der Waals surface area contributed by atoms with Gasteiger partial charge in [-0.2, -0.15) is 0 Å². The van der Waals surface area contributed by atoms with Crippen molar-refractivity contribution in [3.63, 3.8) is 0 Å². The minimum Gasteiger partial charge on any atom is -0.398 e. The molecule has 0 spiro atoms. The second-order valence-electron chi connectivity index (χ2n) is 4.85. The van der Waals surface area contributed by atoms with Gasteiger partial charge in [0.2, 0.25) is 10.0 Å². The monoisotopic (exact) mass is 336 g/mol. The highest BCUT2D eigenvalue weighted by molar-refractivity contribution is 7.89. The summed E-state index contributed by atoms with van der Waals surface area (Å²) in [5.41, 5.74) is 8.28. The normalized spacial score (nSPS) is 11.5. The number of ether oxygens (including phenoxy) is 1. The lowest BCUT2D eigenvalue weighted by Crippen LogP contribution is -2.27. The molecule has 0 saturated heterocycles. The zero-order chi connectivity index (χ0) is 16.7. The molecule has 0 heterocycles. The van der Waals surface area contributed by atoms with E-state index in [4.69, 9.17) is 15.6 Å². The lowest BCUT2D eigenvalue weighted by Gasteiger charge is -2.09. The van der Waals surface area contributed by atoms with Crippen LogP contribution in [0, 0.1) is 0 Å². The first-order chi connectivity index (χ1) is 11.0. The summed E-state index contributed by atoms with van der Waals surface area (Å²) in [4.78, 5) is 0.179. The average Bonchev–Trinajstić information content (AvgIpc) is 2.55. The number of para-hydroxylation sites is 1. The molecule has 124 valence electrons. The molecule has 2 rings (SSSR count). The molecule has 7 heteroatoms. The summed E-state index contributed by atoms with van der Waals surface area (Å²) in [5, 5.41) is 8.57. The molecule has 4 N–H and O–H groups in total. The van der Waals surface area contributed by atoms with E-state index in [9.17, 15) is 8.42 Å². The smallest absolute Gasteiger partial charge is 0.240 e. The summed E-state index contributed by atoms with van der Waals surface area (Å²) >= 11 is 0. The van der Waals surface area contributed by atoms with Gasteiger partial charge in [-0.15, -0.1) is 0 Å². The minimum absolute atomic E-state index is 0.0865. The van der Waals surface area contributed by atoms with E-state index in [1.165, 1.54) is 0 Å². The van der Waals surface area contributed by atoms with Gasteiger partial charge in [-0.05, 0) is 23.8 Å².